The van der Waals surface area contributed by atoms with E-state index >= 15 is 0 Å². The Balaban J connectivity index is 2.81. The molecule has 0 bridgehead atoms. The first kappa shape index (κ1) is 15.2. The van der Waals surface area contributed by atoms with Gasteiger partial charge in [0.25, 0.3) is 0 Å². The van der Waals surface area contributed by atoms with Gasteiger partial charge in [0.15, 0.2) is 0 Å². The van der Waals surface area contributed by atoms with Crippen LogP contribution in [-0.4, -0.2) is 34.5 Å². The lowest BCUT2D eigenvalue weighted by Gasteiger charge is -2.25. The molecule has 19 heavy (non-hydrogen) atoms. The Labute approximate surface area is 114 Å². The lowest BCUT2D eigenvalue weighted by Crippen LogP contribution is -2.41. The molecule has 0 fully saturated rings. The standard InChI is InChI=1S/C15H21NO3/c1-10(2)16(9-15(18)19)14(17)8-13-6-5-11(3)12(4)7-13/h5-7,10H,8-9H2,1-4H3,(H,18,19). The molecule has 4 heteroatoms. The molecule has 1 amide bonds. The molecule has 0 atom stereocenters. The van der Waals surface area contributed by atoms with Crippen LogP contribution in [0.4, 0.5) is 0 Å². The number of carboxylic acids is 1. The minimum absolute atomic E-state index is 0.116. The number of rotatable bonds is 5. The summed E-state index contributed by atoms with van der Waals surface area (Å²) in [6.07, 6.45) is 0.243. The molecule has 0 saturated heterocycles. The number of carbonyl (C=O) groups is 2. The lowest BCUT2D eigenvalue weighted by atomic mass is 10.0. The van der Waals surface area contributed by atoms with Crippen molar-refractivity contribution in [3.8, 4) is 0 Å². The van der Waals surface area contributed by atoms with Crippen molar-refractivity contribution in [1.29, 1.82) is 0 Å². The first-order valence-electron chi connectivity index (χ1n) is 6.38. The van der Waals surface area contributed by atoms with Crippen LogP contribution in [0.1, 0.15) is 30.5 Å². The molecule has 1 rings (SSSR count). The van der Waals surface area contributed by atoms with E-state index in [2.05, 4.69) is 0 Å². The second-order valence-corrected chi connectivity index (χ2v) is 5.10. The summed E-state index contributed by atoms with van der Waals surface area (Å²) in [5.41, 5.74) is 3.24. The Morgan fingerprint density at radius 3 is 2.32 bits per heavy atom. The minimum Gasteiger partial charge on any atom is -0.480 e. The Hall–Kier alpha value is -1.84. The van der Waals surface area contributed by atoms with Gasteiger partial charge in [-0.15, -0.1) is 0 Å². The second kappa shape index (κ2) is 6.36. The van der Waals surface area contributed by atoms with Crippen LogP contribution in [0.2, 0.25) is 0 Å². The number of aryl methyl sites for hydroxylation is 2. The van der Waals surface area contributed by atoms with E-state index < -0.39 is 5.97 Å². The van der Waals surface area contributed by atoms with E-state index in [4.69, 9.17) is 5.11 Å². The number of hydrogen-bond acceptors (Lipinski definition) is 2. The summed E-state index contributed by atoms with van der Waals surface area (Å²) in [4.78, 5) is 24.3. The van der Waals surface area contributed by atoms with E-state index in [9.17, 15) is 9.59 Å². The van der Waals surface area contributed by atoms with Crippen molar-refractivity contribution in [2.75, 3.05) is 6.54 Å². The maximum absolute atomic E-state index is 12.1. The lowest BCUT2D eigenvalue weighted by molar-refractivity contribution is -0.145. The molecule has 1 aromatic carbocycles. The van der Waals surface area contributed by atoms with Crippen molar-refractivity contribution >= 4 is 11.9 Å². The van der Waals surface area contributed by atoms with Crippen molar-refractivity contribution in [2.45, 2.75) is 40.2 Å². The molecular formula is C15H21NO3. The van der Waals surface area contributed by atoms with Gasteiger partial charge >= 0.3 is 5.97 Å². The van der Waals surface area contributed by atoms with Crippen LogP contribution < -0.4 is 0 Å². The summed E-state index contributed by atoms with van der Waals surface area (Å²) < 4.78 is 0. The summed E-state index contributed by atoms with van der Waals surface area (Å²) in [5.74, 6) is -1.14. The van der Waals surface area contributed by atoms with Gasteiger partial charge in [-0.3, -0.25) is 9.59 Å². The third-order valence-corrected chi connectivity index (χ3v) is 3.18. The van der Waals surface area contributed by atoms with Crippen molar-refractivity contribution in [2.24, 2.45) is 0 Å². The largest absolute Gasteiger partial charge is 0.480 e. The van der Waals surface area contributed by atoms with E-state index in [0.717, 1.165) is 11.1 Å². The topological polar surface area (TPSA) is 57.6 Å². The fourth-order valence-electron chi connectivity index (χ4n) is 1.89. The number of benzene rings is 1. The van der Waals surface area contributed by atoms with Gasteiger partial charge < -0.3 is 10.0 Å². The third kappa shape index (κ3) is 4.39. The average Bonchev–Trinajstić information content (AvgIpc) is 2.30. The molecule has 0 spiro atoms. The van der Waals surface area contributed by atoms with Crippen LogP contribution in [-0.2, 0) is 16.0 Å². The minimum atomic E-state index is -0.984. The van der Waals surface area contributed by atoms with Gasteiger partial charge in [-0.25, -0.2) is 0 Å². The molecule has 0 unspecified atom stereocenters. The fraction of sp³-hybridized carbons (Fsp3) is 0.467. The first-order valence-corrected chi connectivity index (χ1v) is 6.38. The van der Waals surface area contributed by atoms with Gasteiger partial charge in [0.2, 0.25) is 5.91 Å². The Bertz CT molecular complexity index is 480. The van der Waals surface area contributed by atoms with Crippen LogP contribution in [0.3, 0.4) is 0 Å². The zero-order chi connectivity index (χ0) is 14.6. The van der Waals surface area contributed by atoms with Crippen molar-refractivity contribution in [1.82, 2.24) is 4.90 Å². The highest BCUT2D eigenvalue weighted by atomic mass is 16.4. The van der Waals surface area contributed by atoms with E-state index in [-0.39, 0.29) is 24.9 Å². The Morgan fingerprint density at radius 1 is 1.21 bits per heavy atom. The highest BCUT2D eigenvalue weighted by Gasteiger charge is 2.19. The molecule has 104 valence electrons. The van der Waals surface area contributed by atoms with Crippen LogP contribution >= 0.6 is 0 Å². The molecule has 0 aliphatic rings. The van der Waals surface area contributed by atoms with Crippen LogP contribution in [0.15, 0.2) is 18.2 Å². The molecule has 1 aromatic rings. The first-order chi connectivity index (χ1) is 8.81. The molecule has 0 aliphatic heterocycles. The molecule has 1 N–H and O–H groups in total. The number of carboxylic acid groups (broad SMARTS) is 1. The summed E-state index contributed by atoms with van der Waals surface area (Å²) in [7, 11) is 0. The summed E-state index contributed by atoms with van der Waals surface area (Å²) >= 11 is 0. The Kier molecular flexibility index (Phi) is 5.10. The number of nitrogens with zero attached hydrogens (tertiary/aromatic N) is 1. The van der Waals surface area contributed by atoms with Crippen molar-refractivity contribution in [3.63, 3.8) is 0 Å². The predicted molar refractivity (Wildman–Crippen MR) is 74.1 cm³/mol. The molecular weight excluding hydrogens is 242 g/mol. The van der Waals surface area contributed by atoms with Gasteiger partial charge in [-0.05, 0) is 44.4 Å². The molecule has 0 saturated carbocycles. The van der Waals surface area contributed by atoms with E-state index in [0.29, 0.717) is 0 Å². The van der Waals surface area contributed by atoms with E-state index in [1.807, 2.05) is 45.9 Å². The Morgan fingerprint density at radius 2 is 1.84 bits per heavy atom. The van der Waals surface area contributed by atoms with Crippen LogP contribution in [0.25, 0.3) is 0 Å². The van der Waals surface area contributed by atoms with Crippen molar-refractivity contribution < 1.29 is 14.7 Å². The van der Waals surface area contributed by atoms with E-state index in [1.54, 1.807) is 0 Å². The van der Waals surface area contributed by atoms with Gasteiger partial charge in [0, 0.05) is 6.04 Å². The zero-order valence-corrected chi connectivity index (χ0v) is 11.9. The number of amides is 1. The average molecular weight is 263 g/mol. The SMILES string of the molecule is Cc1ccc(CC(=O)N(CC(=O)O)C(C)C)cc1C. The number of hydrogen-bond donors (Lipinski definition) is 1. The molecule has 0 aliphatic carbocycles. The second-order valence-electron chi connectivity index (χ2n) is 5.10. The molecule has 0 aromatic heterocycles. The zero-order valence-electron chi connectivity index (χ0n) is 11.9. The smallest absolute Gasteiger partial charge is 0.323 e. The fourth-order valence-corrected chi connectivity index (χ4v) is 1.89. The monoisotopic (exact) mass is 263 g/mol. The van der Waals surface area contributed by atoms with E-state index in [1.165, 1.54) is 10.5 Å². The van der Waals surface area contributed by atoms with Gasteiger partial charge in [-0.1, -0.05) is 18.2 Å². The summed E-state index contributed by atoms with van der Waals surface area (Å²) in [6, 6.07) is 5.76. The molecule has 4 nitrogen and oxygen atoms in total. The van der Waals surface area contributed by atoms with Crippen LogP contribution in [0.5, 0.6) is 0 Å². The predicted octanol–water partition coefficient (Wildman–Crippen LogP) is 2.17. The van der Waals surface area contributed by atoms with Crippen molar-refractivity contribution in [3.05, 3.63) is 34.9 Å². The van der Waals surface area contributed by atoms with Gasteiger partial charge in [-0.2, -0.15) is 0 Å². The highest BCUT2D eigenvalue weighted by molar-refractivity contribution is 5.83. The normalized spacial score (nSPS) is 10.6. The number of carbonyl (C=O) groups excluding carboxylic acids is 1. The molecule has 0 radical (unpaired) electrons. The maximum Gasteiger partial charge on any atom is 0.323 e. The maximum atomic E-state index is 12.1. The van der Waals surface area contributed by atoms with Crippen LogP contribution in [0, 0.1) is 13.8 Å². The van der Waals surface area contributed by atoms with Gasteiger partial charge in [0.1, 0.15) is 6.54 Å². The quantitative estimate of drug-likeness (QED) is 0.885. The third-order valence-electron chi connectivity index (χ3n) is 3.18. The highest BCUT2D eigenvalue weighted by Crippen LogP contribution is 2.12. The van der Waals surface area contributed by atoms with Gasteiger partial charge in [0.05, 0.1) is 6.42 Å². The number of aliphatic carboxylic acids is 1. The summed E-state index contributed by atoms with van der Waals surface area (Å²) in [6.45, 7) is 7.41. The summed E-state index contributed by atoms with van der Waals surface area (Å²) in [5, 5.41) is 8.83. The molecule has 0 heterocycles.